The Balaban J connectivity index is 0.991. The van der Waals surface area contributed by atoms with E-state index >= 15 is 0 Å². The van der Waals surface area contributed by atoms with Gasteiger partial charge in [0.15, 0.2) is 12.3 Å². The molecule has 5 aromatic rings. The molecule has 1 fully saturated rings. The van der Waals surface area contributed by atoms with Crippen molar-refractivity contribution < 1.29 is 14.3 Å². The van der Waals surface area contributed by atoms with Gasteiger partial charge in [0, 0.05) is 49.8 Å². The van der Waals surface area contributed by atoms with E-state index in [0.717, 1.165) is 40.7 Å². The quantitative estimate of drug-likeness (QED) is 0.137. The van der Waals surface area contributed by atoms with Gasteiger partial charge in [-0.15, -0.1) is 10.2 Å². The first kappa shape index (κ1) is 30.6. The number of piperazine rings is 1. The van der Waals surface area contributed by atoms with Crippen molar-refractivity contribution in [3.8, 4) is 5.75 Å². The molecule has 0 N–H and O–H groups in total. The topological polar surface area (TPSA) is 93.5 Å². The van der Waals surface area contributed by atoms with Crippen LogP contribution in [-0.2, 0) is 16.1 Å². The van der Waals surface area contributed by atoms with E-state index in [1.807, 2.05) is 53.1 Å². The molecular formula is C35H38N6O3S. The van der Waals surface area contributed by atoms with Crippen LogP contribution in [-0.4, -0.2) is 79.4 Å². The molecule has 0 spiro atoms. The smallest absolute Gasteiger partial charge is 0.260 e. The van der Waals surface area contributed by atoms with E-state index in [1.54, 1.807) is 11.8 Å². The van der Waals surface area contributed by atoms with Crippen LogP contribution in [0.3, 0.4) is 0 Å². The van der Waals surface area contributed by atoms with Crippen LogP contribution in [0, 0.1) is 6.92 Å². The van der Waals surface area contributed by atoms with Crippen LogP contribution < -0.4 is 4.74 Å². The molecule has 1 aliphatic heterocycles. The maximum atomic E-state index is 13.0. The number of nitrogens with zero attached hydrogens (tertiary/aromatic N) is 6. The first-order valence-electron chi connectivity index (χ1n) is 15.5. The SMILES string of the molecule is Cc1ccc2c(c1)c1nnc(SCCCCC(=O)N3CCN(C(=O)COc4ccccc4)C(C)C3)nc1n2Cc1ccccc1. The van der Waals surface area contributed by atoms with E-state index in [1.165, 1.54) is 11.1 Å². The summed E-state index contributed by atoms with van der Waals surface area (Å²) in [5.74, 6) is 1.56. The fourth-order valence-electron chi connectivity index (χ4n) is 5.84. The molecule has 0 radical (unpaired) electrons. The summed E-state index contributed by atoms with van der Waals surface area (Å²) >= 11 is 1.58. The number of thioether (sulfide) groups is 1. The molecule has 1 aliphatic rings. The summed E-state index contributed by atoms with van der Waals surface area (Å²) < 4.78 is 7.86. The second-order valence-corrected chi connectivity index (χ2v) is 12.6. The van der Waals surface area contributed by atoms with E-state index in [0.29, 0.717) is 43.5 Å². The average molecular weight is 623 g/mol. The number of para-hydroxylation sites is 1. The summed E-state index contributed by atoms with van der Waals surface area (Å²) in [5.41, 5.74) is 5.13. The van der Waals surface area contributed by atoms with E-state index in [9.17, 15) is 9.59 Å². The molecule has 45 heavy (non-hydrogen) atoms. The van der Waals surface area contributed by atoms with Crippen LogP contribution in [0.5, 0.6) is 5.75 Å². The highest BCUT2D eigenvalue weighted by atomic mass is 32.2. The maximum absolute atomic E-state index is 13.0. The number of carbonyl (C=O) groups is 2. The summed E-state index contributed by atoms with van der Waals surface area (Å²) in [5, 5.41) is 10.8. The summed E-state index contributed by atoms with van der Waals surface area (Å²) in [4.78, 5) is 34.3. The lowest BCUT2D eigenvalue weighted by molar-refractivity contribution is -0.143. The van der Waals surface area contributed by atoms with Crippen LogP contribution in [0.15, 0.2) is 84.0 Å². The van der Waals surface area contributed by atoms with Gasteiger partial charge < -0.3 is 19.1 Å². The lowest BCUT2D eigenvalue weighted by Gasteiger charge is -2.40. The van der Waals surface area contributed by atoms with Gasteiger partial charge in [-0.25, -0.2) is 4.98 Å². The van der Waals surface area contributed by atoms with Crippen molar-refractivity contribution in [2.75, 3.05) is 32.0 Å². The van der Waals surface area contributed by atoms with Crippen LogP contribution in [0.2, 0.25) is 0 Å². The van der Waals surface area contributed by atoms with Gasteiger partial charge in [0.2, 0.25) is 11.1 Å². The van der Waals surface area contributed by atoms with Crippen LogP contribution in [0.4, 0.5) is 0 Å². The fourth-order valence-corrected chi connectivity index (χ4v) is 6.62. The molecule has 2 aromatic heterocycles. The third-order valence-corrected chi connectivity index (χ3v) is 9.13. The molecule has 0 aliphatic carbocycles. The zero-order valence-electron chi connectivity index (χ0n) is 25.8. The second-order valence-electron chi connectivity index (χ2n) is 11.5. The number of aromatic nitrogens is 4. The molecule has 1 atom stereocenters. The number of carbonyl (C=O) groups excluding carboxylic acids is 2. The first-order valence-corrected chi connectivity index (χ1v) is 16.5. The number of rotatable bonds is 11. The lowest BCUT2D eigenvalue weighted by atomic mass is 10.1. The van der Waals surface area contributed by atoms with Gasteiger partial charge in [0.25, 0.3) is 5.91 Å². The van der Waals surface area contributed by atoms with E-state index < -0.39 is 0 Å². The number of benzene rings is 3. The summed E-state index contributed by atoms with van der Waals surface area (Å²) in [6.45, 7) is 6.39. The Morgan fingerprint density at radius 3 is 2.49 bits per heavy atom. The summed E-state index contributed by atoms with van der Waals surface area (Å²) in [7, 11) is 0. The fraction of sp³-hybridized carbons (Fsp3) is 0.343. The largest absolute Gasteiger partial charge is 0.484 e. The minimum atomic E-state index is -0.0547. The van der Waals surface area contributed by atoms with Gasteiger partial charge in [-0.3, -0.25) is 9.59 Å². The van der Waals surface area contributed by atoms with Crippen molar-refractivity contribution in [3.05, 3.63) is 90.0 Å². The zero-order chi connectivity index (χ0) is 31.2. The molecule has 232 valence electrons. The standard InChI is InChI=1S/C35H38N6O3S/c1-25-16-17-30-29(21-25)33-34(41(30)23-27-11-5-3-6-12-27)36-35(38-37-33)45-20-10-9-15-31(42)39-18-19-40(26(2)22-39)32(43)24-44-28-13-7-4-8-14-28/h3-8,11-14,16-17,21,26H,9-10,15,18-20,22-24H2,1-2H3. The highest BCUT2D eigenvalue weighted by molar-refractivity contribution is 7.99. The number of fused-ring (bicyclic) bond motifs is 3. The van der Waals surface area contributed by atoms with Crippen molar-refractivity contribution in [3.63, 3.8) is 0 Å². The Morgan fingerprint density at radius 1 is 0.933 bits per heavy atom. The van der Waals surface area contributed by atoms with Crippen molar-refractivity contribution >= 4 is 45.6 Å². The normalized spacial score (nSPS) is 15.1. The highest BCUT2D eigenvalue weighted by Gasteiger charge is 2.29. The van der Waals surface area contributed by atoms with Gasteiger partial charge in [0.1, 0.15) is 11.3 Å². The number of hydrogen-bond donors (Lipinski definition) is 0. The molecule has 0 bridgehead atoms. The number of ether oxygens (including phenoxy) is 1. The molecule has 3 heterocycles. The predicted molar refractivity (Wildman–Crippen MR) is 177 cm³/mol. The van der Waals surface area contributed by atoms with Gasteiger partial charge in [-0.05, 0) is 56.5 Å². The number of amides is 2. The summed E-state index contributed by atoms with van der Waals surface area (Å²) in [6, 6.07) is 26.1. The Labute approximate surface area is 267 Å². The predicted octanol–water partition coefficient (Wildman–Crippen LogP) is 5.74. The Morgan fingerprint density at radius 2 is 1.71 bits per heavy atom. The molecule has 9 nitrogen and oxygen atoms in total. The molecule has 10 heteroatoms. The monoisotopic (exact) mass is 622 g/mol. The van der Waals surface area contributed by atoms with Crippen molar-refractivity contribution in [1.29, 1.82) is 0 Å². The molecule has 1 saturated heterocycles. The summed E-state index contributed by atoms with van der Waals surface area (Å²) in [6.07, 6.45) is 2.14. The number of aryl methyl sites for hydroxylation is 1. The second kappa shape index (κ2) is 14.1. The molecule has 2 amide bonds. The molecule has 6 rings (SSSR count). The highest BCUT2D eigenvalue weighted by Crippen LogP contribution is 2.29. The van der Waals surface area contributed by atoms with Crippen molar-refractivity contribution in [2.24, 2.45) is 0 Å². The molecule has 1 unspecified atom stereocenters. The number of unbranched alkanes of at least 4 members (excludes halogenated alkanes) is 1. The van der Waals surface area contributed by atoms with E-state index in [2.05, 4.69) is 64.2 Å². The molecule has 0 saturated carbocycles. The Kier molecular flexibility index (Phi) is 9.59. The van der Waals surface area contributed by atoms with Gasteiger partial charge in [0.05, 0.1) is 5.52 Å². The van der Waals surface area contributed by atoms with Gasteiger partial charge in [-0.2, -0.15) is 0 Å². The van der Waals surface area contributed by atoms with E-state index in [4.69, 9.17) is 9.72 Å². The van der Waals surface area contributed by atoms with Crippen molar-refractivity contribution in [1.82, 2.24) is 29.5 Å². The minimum absolute atomic E-state index is 0.00107. The zero-order valence-corrected chi connectivity index (χ0v) is 26.6. The number of hydrogen-bond acceptors (Lipinski definition) is 7. The molecular weight excluding hydrogens is 584 g/mol. The third-order valence-electron chi connectivity index (χ3n) is 8.21. The minimum Gasteiger partial charge on any atom is -0.484 e. The van der Waals surface area contributed by atoms with Crippen molar-refractivity contribution in [2.45, 2.75) is 50.9 Å². The average Bonchev–Trinajstić information content (AvgIpc) is 3.35. The van der Waals surface area contributed by atoms with Gasteiger partial charge in [-0.1, -0.05) is 71.9 Å². The van der Waals surface area contributed by atoms with Crippen LogP contribution in [0.25, 0.3) is 22.1 Å². The lowest BCUT2D eigenvalue weighted by Crippen LogP contribution is -2.56. The van der Waals surface area contributed by atoms with Gasteiger partial charge >= 0.3 is 0 Å². The Bertz CT molecular complexity index is 1780. The Hall–Kier alpha value is -4.44. The first-order chi connectivity index (χ1) is 22.0. The molecule has 3 aromatic carbocycles. The van der Waals surface area contributed by atoms with E-state index in [-0.39, 0.29) is 24.5 Å². The van der Waals surface area contributed by atoms with Crippen LogP contribution in [0.1, 0.15) is 37.3 Å². The maximum Gasteiger partial charge on any atom is 0.260 e. The van der Waals surface area contributed by atoms with Crippen LogP contribution >= 0.6 is 11.8 Å². The third kappa shape index (κ3) is 7.28.